The molecule has 0 amide bonds. The lowest BCUT2D eigenvalue weighted by Gasteiger charge is -2.13. The summed E-state index contributed by atoms with van der Waals surface area (Å²) in [7, 11) is 0. The van der Waals surface area contributed by atoms with Crippen LogP contribution in [-0.2, 0) is 0 Å². The highest BCUT2D eigenvalue weighted by atomic mass is 14.7. The minimum absolute atomic E-state index is 0.167. The number of nitrogens with zero attached hydrogens (tertiary/aromatic N) is 1. The average molecular weight is 212 g/mol. The van der Waals surface area contributed by atoms with Gasteiger partial charge in [0.2, 0.25) is 0 Å². The molecular formula is C14H16N2. The molecule has 0 unspecified atom stereocenters. The van der Waals surface area contributed by atoms with Gasteiger partial charge in [-0.2, -0.15) is 0 Å². The molecule has 3 rings (SSSR count). The van der Waals surface area contributed by atoms with Crippen LogP contribution in [0.5, 0.6) is 0 Å². The Morgan fingerprint density at radius 2 is 2.06 bits per heavy atom. The number of fused-ring (bicyclic) bond motifs is 1. The van der Waals surface area contributed by atoms with Crippen molar-refractivity contribution in [2.75, 3.05) is 0 Å². The van der Waals surface area contributed by atoms with Crippen molar-refractivity contribution in [2.45, 2.75) is 25.3 Å². The summed E-state index contributed by atoms with van der Waals surface area (Å²) in [5, 5.41) is 1.21. The third-order valence-electron chi connectivity index (χ3n) is 3.37. The van der Waals surface area contributed by atoms with Gasteiger partial charge in [-0.25, -0.2) is 0 Å². The van der Waals surface area contributed by atoms with Crippen LogP contribution in [0.1, 0.15) is 30.9 Å². The van der Waals surface area contributed by atoms with E-state index in [-0.39, 0.29) is 6.04 Å². The van der Waals surface area contributed by atoms with Gasteiger partial charge in [0.05, 0.1) is 5.52 Å². The number of benzene rings is 1. The average Bonchev–Trinajstić information content (AvgIpc) is 3.12. The lowest BCUT2D eigenvalue weighted by atomic mass is 9.98. The lowest BCUT2D eigenvalue weighted by molar-refractivity contribution is 0.600. The zero-order valence-corrected chi connectivity index (χ0v) is 9.26. The van der Waals surface area contributed by atoms with E-state index in [0.29, 0.717) is 0 Å². The Morgan fingerprint density at radius 1 is 1.25 bits per heavy atom. The van der Waals surface area contributed by atoms with Crippen molar-refractivity contribution < 1.29 is 0 Å². The summed E-state index contributed by atoms with van der Waals surface area (Å²) >= 11 is 0. The van der Waals surface area contributed by atoms with E-state index in [2.05, 4.69) is 23.2 Å². The monoisotopic (exact) mass is 212 g/mol. The Morgan fingerprint density at radius 3 is 2.88 bits per heavy atom. The zero-order valence-electron chi connectivity index (χ0n) is 9.26. The van der Waals surface area contributed by atoms with Crippen LogP contribution in [0, 0.1) is 5.92 Å². The Bertz CT molecular complexity index is 498. The first kappa shape index (κ1) is 9.79. The first-order valence-electron chi connectivity index (χ1n) is 5.94. The van der Waals surface area contributed by atoms with Gasteiger partial charge in [0.15, 0.2) is 0 Å². The smallest absolute Gasteiger partial charge is 0.0705 e. The van der Waals surface area contributed by atoms with Crippen LogP contribution >= 0.6 is 0 Å². The lowest BCUT2D eigenvalue weighted by Crippen LogP contribution is -2.11. The van der Waals surface area contributed by atoms with Crippen molar-refractivity contribution in [3.8, 4) is 0 Å². The van der Waals surface area contributed by atoms with Gasteiger partial charge in [-0.15, -0.1) is 0 Å². The van der Waals surface area contributed by atoms with Gasteiger partial charge in [-0.1, -0.05) is 31.0 Å². The first-order valence-corrected chi connectivity index (χ1v) is 5.94. The van der Waals surface area contributed by atoms with Crippen molar-refractivity contribution in [2.24, 2.45) is 11.7 Å². The second kappa shape index (κ2) is 3.87. The van der Waals surface area contributed by atoms with E-state index in [1.165, 1.54) is 23.8 Å². The molecule has 0 saturated heterocycles. The summed E-state index contributed by atoms with van der Waals surface area (Å²) in [5.74, 6) is 0.863. The van der Waals surface area contributed by atoms with Crippen LogP contribution in [0.3, 0.4) is 0 Å². The minimum Gasteiger partial charge on any atom is -0.324 e. The maximum atomic E-state index is 6.27. The van der Waals surface area contributed by atoms with Crippen LogP contribution in [0.15, 0.2) is 36.5 Å². The molecule has 0 radical (unpaired) electrons. The molecule has 0 aliphatic heterocycles. The molecule has 1 saturated carbocycles. The molecule has 82 valence electrons. The number of nitrogens with two attached hydrogens (primary N) is 1. The van der Waals surface area contributed by atoms with E-state index < -0.39 is 0 Å². The highest BCUT2D eigenvalue weighted by Crippen LogP contribution is 2.37. The van der Waals surface area contributed by atoms with E-state index in [1.807, 2.05) is 18.3 Å². The molecule has 1 heterocycles. The Balaban J connectivity index is 2.00. The molecule has 2 aromatic rings. The van der Waals surface area contributed by atoms with Gasteiger partial charge in [0.25, 0.3) is 0 Å². The van der Waals surface area contributed by atoms with E-state index in [4.69, 9.17) is 5.73 Å². The van der Waals surface area contributed by atoms with Crippen LogP contribution in [0.4, 0.5) is 0 Å². The first-order chi connectivity index (χ1) is 7.84. The summed E-state index contributed by atoms with van der Waals surface area (Å²) in [4.78, 5) is 4.36. The second-order valence-electron chi connectivity index (χ2n) is 4.70. The fourth-order valence-corrected chi connectivity index (χ4v) is 2.28. The van der Waals surface area contributed by atoms with Gasteiger partial charge in [-0.05, 0) is 30.0 Å². The summed E-state index contributed by atoms with van der Waals surface area (Å²) in [6.45, 7) is 0. The van der Waals surface area contributed by atoms with Gasteiger partial charge in [0, 0.05) is 17.6 Å². The van der Waals surface area contributed by atoms with Gasteiger partial charge < -0.3 is 5.73 Å². The van der Waals surface area contributed by atoms with E-state index in [9.17, 15) is 0 Å². The molecule has 1 fully saturated rings. The molecule has 2 nitrogen and oxygen atoms in total. The quantitative estimate of drug-likeness (QED) is 0.849. The summed E-state index contributed by atoms with van der Waals surface area (Å²) in [6, 6.07) is 10.5. The van der Waals surface area contributed by atoms with E-state index in [0.717, 1.165) is 17.9 Å². The number of hydrogen-bond donors (Lipinski definition) is 1. The van der Waals surface area contributed by atoms with Crippen LogP contribution in [-0.4, -0.2) is 4.98 Å². The molecule has 1 aromatic carbocycles. The highest BCUT2D eigenvalue weighted by molar-refractivity contribution is 5.82. The Hall–Kier alpha value is -1.41. The SMILES string of the molecule is N[C@@H](CC1CC1)c1ccnc2ccccc12. The van der Waals surface area contributed by atoms with Crippen molar-refractivity contribution >= 4 is 10.9 Å². The molecular weight excluding hydrogens is 196 g/mol. The van der Waals surface area contributed by atoms with Crippen LogP contribution < -0.4 is 5.73 Å². The zero-order chi connectivity index (χ0) is 11.0. The van der Waals surface area contributed by atoms with Crippen molar-refractivity contribution in [3.63, 3.8) is 0 Å². The van der Waals surface area contributed by atoms with Crippen molar-refractivity contribution in [1.29, 1.82) is 0 Å². The summed E-state index contributed by atoms with van der Waals surface area (Å²) in [6.07, 6.45) is 5.70. The number of pyridine rings is 1. The third kappa shape index (κ3) is 1.81. The summed E-state index contributed by atoms with van der Waals surface area (Å²) < 4.78 is 0. The highest BCUT2D eigenvalue weighted by Gasteiger charge is 2.25. The number of aromatic nitrogens is 1. The fraction of sp³-hybridized carbons (Fsp3) is 0.357. The van der Waals surface area contributed by atoms with Crippen molar-refractivity contribution in [1.82, 2.24) is 4.98 Å². The Labute approximate surface area is 95.5 Å². The maximum absolute atomic E-state index is 6.27. The molecule has 0 spiro atoms. The largest absolute Gasteiger partial charge is 0.324 e. The normalized spacial score (nSPS) is 17.6. The third-order valence-corrected chi connectivity index (χ3v) is 3.37. The fourth-order valence-electron chi connectivity index (χ4n) is 2.28. The topological polar surface area (TPSA) is 38.9 Å². The number of hydrogen-bond acceptors (Lipinski definition) is 2. The molecule has 2 heteroatoms. The molecule has 0 bridgehead atoms. The molecule has 1 aliphatic carbocycles. The van der Waals surface area contributed by atoms with E-state index in [1.54, 1.807) is 0 Å². The second-order valence-corrected chi connectivity index (χ2v) is 4.70. The molecule has 2 N–H and O–H groups in total. The standard InChI is InChI=1S/C14H16N2/c15-13(9-10-5-6-10)11-7-8-16-14-4-2-1-3-12(11)14/h1-4,7-8,10,13H,5-6,9,15H2/t13-/m0/s1. The molecule has 1 aromatic heterocycles. The predicted octanol–water partition coefficient (Wildman–Crippen LogP) is 3.03. The van der Waals surface area contributed by atoms with Crippen LogP contribution in [0.2, 0.25) is 0 Å². The number of rotatable bonds is 3. The number of para-hydroxylation sites is 1. The van der Waals surface area contributed by atoms with Crippen molar-refractivity contribution in [3.05, 3.63) is 42.1 Å². The predicted molar refractivity (Wildman–Crippen MR) is 66.0 cm³/mol. The van der Waals surface area contributed by atoms with E-state index >= 15 is 0 Å². The minimum atomic E-state index is 0.167. The molecule has 1 aliphatic rings. The van der Waals surface area contributed by atoms with Crippen LogP contribution in [0.25, 0.3) is 10.9 Å². The Kier molecular flexibility index (Phi) is 2.37. The molecule has 16 heavy (non-hydrogen) atoms. The molecule has 1 atom stereocenters. The van der Waals surface area contributed by atoms with Gasteiger partial charge in [0.1, 0.15) is 0 Å². The maximum Gasteiger partial charge on any atom is 0.0705 e. The summed E-state index contributed by atoms with van der Waals surface area (Å²) in [5.41, 5.74) is 8.57. The van der Waals surface area contributed by atoms with Gasteiger partial charge >= 0.3 is 0 Å². The van der Waals surface area contributed by atoms with Gasteiger partial charge in [-0.3, -0.25) is 4.98 Å².